The Morgan fingerprint density at radius 2 is 1.91 bits per heavy atom. The maximum atomic E-state index is 10.6. The van der Waals surface area contributed by atoms with Gasteiger partial charge in [0, 0.05) is 25.8 Å². The highest BCUT2D eigenvalue weighted by Crippen LogP contribution is 2.14. The second-order valence-corrected chi connectivity index (χ2v) is 5.30. The van der Waals surface area contributed by atoms with Crippen LogP contribution in [-0.4, -0.2) is 47.5 Å². The van der Waals surface area contributed by atoms with Gasteiger partial charge >= 0.3 is 5.97 Å². The number of carboxylic acid groups (broad SMARTS) is 1. The summed E-state index contributed by atoms with van der Waals surface area (Å²) in [5.41, 5.74) is 0.632. The van der Waals surface area contributed by atoms with Crippen molar-refractivity contribution >= 4 is 23.8 Å². The van der Waals surface area contributed by atoms with Gasteiger partial charge in [0.25, 0.3) is 0 Å². The molecule has 1 atom stereocenters. The number of carboxylic acids is 1. The van der Waals surface area contributed by atoms with Crippen molar-refractivity contribution in [1.29, 1.82) is 0 Å². The number of aliphatic hydroxyl groups excluding tert-OH is 1. The Hall–Kier alpha value is -1.57. The van der Waals surface area contributed by atoms with E-state index < -0.39 is 11.9 Å². The maximum absolute atomic E-state index is 10.6. The lowest BCUT2D eigenvalue weighted by atomic mass is 10.0. The van der Waals surface area contributed by atoms with Crippen LogP contribution in [0.15, 0.2) is 30.3 Å². The summed E-state index contributed by atoms with van der Waals surface area (Å²) in [6, 6.07) is 8.69. The molecule has 0 heterocycles. The summed E-state index contributed by atoms with van der Waals surface area (Å²) in [7, 11) is 0. The Balaban J connectivity index is 0.000000409. The summed E-state index contributed by atoms with van der Waals surface area (Å²) in [6.07, 6.45) is 0. The minimum atomic E-state index is -0.997. The second-order valence-electron chi connectivity index (χ2n) is 4.31. The number of benzene rings is 1. The van der Waals surface area contributed by atoms with E-state index in [9.17, 15) is 9.59 Å². The normalized spacial score (nSPS) is 11.0. The highest BCUT2D eigenvalue weighted by atomic mass is 32.2. The van der Waals surface area contributed by atoms with Gasteiger partial charge in [0.2, 0.25) is 5.91 Å². The number of hydrogen-bond acceptors (Lipinski definition) is 5. The standard InChI is InChI=1S/C9H10O3.C6H14N2OS/c10-6-8(9(11)12)7-4-2-1-3-5-7;1-3-8-10-5-4-7-6(2)9/h1-5,8,10H,6H2,(H,11,12);8H,3-5H2,1-2H3,(H,7,9). The van der Waals surface area contributed by atoms with Crippen LogP contribution in [0, 0.1) is 0 Å². The van der Waals surface area contributed by atoms with Gasteiger partial charge in [-0.15, -0.1) is 0 Å². The van der Waals surface area contributed by atoms with Crippen LogP contribution in [0.2, 0.25) is 0 Å². The van der Waals surface area contributed by atoms with Crippen molar-refractivity contribution < 1.29 is 19.8 Å². The Kier molecular flexibility index (Phi) is 12.2. The van der Waals surface area contributed by atoms with Crippen molar-refractivity contribution in [2.75, 3.05) is 25.4 Å². The largest absolute Gasteiger partial charge is 0.481 e. The molecule has 0 spiro atoms. The Bertz CT molecular complexity index is 429. The van der Waals surface area contributed by atoms with Gasteiger partial charge in [0.1, 0.15) is 5.92 Å². The lowest BCUT2D eigenvalue weighted by Crippen LogP contribution is -2.23. The van der Waals surface area contributed by atoms with Gasteiger partial charge in [-0.1, -0.05) is 49.2 Å². The number of carbonyl (C=O) groups excluding carboxylic acids is 1. The molecule has 1 rings (SSSR count). The summed E-state index contributed by atoms with van der Waals surface area (Å²) >= 11 is 1.63. The fourth-order valence-corrected chi connectivity index (χ4v) is 2.02. The van der Waals surface area contributed by atoms with Crippen molar-refractivity contribution in [2.45, 2.75) is 19.8 Å². The Labute approximate surface area is 135 Å². The smallest absolute Gasteiger partial charge is 0.313 e. The fourth-order valence-electron chi connectivity index (χ4n) is 1.46. The van der Waals surface area contributed by atoms with Crippen molar-refractivity contribution in [2.24, 2.45) is 0 Å². The molecule has 0 bridgehead atoms. The first kappa shape index (κ1) is 20.4. The molecule has 1 amide bonds. The van der Waals surface area contributed by atoms with Crippen LogP contribution in [0.1, 0.15) is 25.3 Å². The molecule has 0 saturated heterocycles. The van der Waals surface area contributed by atoms with Crippen LogP contribution in [0.25, 0.3) is 0 Å². The van der Waals surface area contributed by atoms with E-state index in [0.29, 0.717) is 5.56 Å². The lowest BCUT2D eigenvalue weighted by Gasteiger charge is -2.07. The molecule has 6 nitrogen and oxygen atoms in total. The molecule has 1 aromatic carbocycles. The average molecular weight is 328 g/mol. The van der Waals surface area contributed by atoms with E-state index >= 15 is 0 Å². The third-order valence-electron chi connectivity index (χ3n) is 2.51. The molecule has 0 saturated carbocycles. The molecule has 0 aliphatic heterocycles. The number of aliphatic hydroxyl groups is 1. The topological polar surface area (TPSA) is 98.7 Å². The van der Waals surface area contributed by atoms with Crippen LogP contribution < -0.4 is 10.0 Å². The number of rotatable bonds is 8. The molecule has 0 fully saturated rings. The second kappa shape index (κ2) is 13.1. The molecule has 0 radical (unpaired) electrons. The zero-order valence-corrected chi connectivity index (χ0v) is 13.7. The Morgan fingerprint density at radius 1 is 1.27 bits per heavy atom. The first-order chi connectivity index (χ1) is 10.5. The first-order valence-electron chi connectivity index (χ1n) is 7.00. The predicted octanol–water partition coefficient (Wildman–Crippen LogP) is 1.23. The Morgan fingerprint density at radius 3 is 2.36 bits per heavy atom. The minimum Gasteiger partial charge on any atom is -0.481 e. The van der Waals surface area contributed by atoms with E-state index in [0.717, 1.165) is 18.8 Å². The van der Waals surface area contributed by atoms with Gasteiger partial charge in [-0.05, 0) is 5.56 Å². The molecule has 1 aromatic rings. The van der Waals surface area contributed by atoms with E-state index in [1.54, 1.807) is 42.3 Å². The number of carbonyl (C=O) groups is 2. The zero-order valence-electron chi connectivity index (χ0n) is 12.9. The van der Waals surface area contributed by atoms with Crippen molar-refractivity contribution in [1.82, 2.24) is 10.0 Å². The highest BCUT2D eigenvalue weighted by molar-refractivity contribution is 7.97. The van der Waals surface area contributed by atoms with Gasteiger partial charge < -0.3 is 15.5 Å². The van der Waals surface area contributed by atoms with E-state index in [1.807, 2.05) is 6.92 Å². The highest BCUT2D eigenvalue weighted by Gasteiger charge is 2.17. The summed E-state index contributed by atoms with van der Waals surface area (Å²) in [6.45, 7) is 4.92. The first-order valence-corrected chi connectivity index (χ1v) is 7.99. The van der Waals surface area contributed by atoms with Crippen LogP contribution in [0.5, 0.6) is 0 Å². The fraction of sp³-hybridized carbons (Fsp3) is 0.467. The van der Waals surface area contributed by atoms with E-state index in [1.165, 1.54) is 6.92 Å². The molecule has 4 N–H and O–H groups in total. The SMILES string of the molecule is CCNSCCNC(C)=O.O=C(O)C(CO)c1ccccc1. The van der Waals surface area contributed by atoms with Crippen molar-refractivity contribution in [3.05, 3.63) is 35.9 Å². The van der Waals surface area contributed by atoms with Gasteiger partial charge in [-0.2, -0.15) is 0 Å². The van der Waals surface area contributed by atoms with Gasteiger partial charge in [-0.25, -0.2) is 0 Å². The molecule has 22 heavy (non-hydrogen) atoms. The summed E-state index contributed by atoms with van der Waals surface area (Å²) in [4.78, 5) is 20.9. The number of amides is 1. The third kappa shape index (κ3) is 10.2. The predicted molar refractivity (Wildman–Crippen MR) is 88.7 cm³/mol. The number of nitrogens with one attached hydrogen (secondary N) is 2. The summed E-state index contributed by atoms with van der Waals surface area (Å²) in [5, 5.41) is 20.1. The quantitative estimate of drug-likeness (QED) is 0.423. The summed E-state index contributed by atoms with van der Waals surface area (Å²) in [5.74, 6) is -0.833. The van der Waals surface area contributed by atoms with Crippen LogP contribution in [-0.2, 0) is 9.59 Å². The molecule has 0 aliphatic rings. The maximum Gasteiger partial charge on any atom is 0.313 e. The molecule has 0 aliphatic carbocycles. The van der Waals surface area contributed by atoms with Crippen LogP contribution >= 0.6 is 11.9 Å². The molecular formula is C15H24N2O4S. The molecule has 0 aromatic heterocycles. The van der Waals surface area contributed by atoms with Crippen LogP contribution in [0.4, 0.5) is 0 Å². The van der Waals surface area contributed by atoms with Crippen molar-refractivity contribution in [3.63, 3.8) is 0 Å². The summed E-state index contributed by atoms with van der Waals surface area (Å²) < 4.78 is 3.09. The average Bonchev–Trinajstić information content (AvgIpc) is 2.49. The van der Waals surface area contributed by atoms with E-state index in [2.05, 4.69) is 10.0 Å². The molecular weight excluding hydrogens is 304 g/mol. The van der Waals surface area contributed by atoms with E-state index in [-0.39, 0.29) is 12.5 Å². The van der Waals surface area contributed by atoms with Crippen molar-refractivity contribution in [3.8, 4) is 0 Å². The molecule has 7 heteroatoms. The number of hydrogen-bond donors (Lipinski definition) is 4. The van der Waals surface area contributed by atoms with Gasteiger partial charge in [-0.3, -0.25) is 14.3 Å². The molecule has 1 unspecified atom stereocenters. The van der Waals surface area contributed by atoms with Gasteiger partial charge in [0.05, 0.1) is 6.61 Å². The lowest BCUT2D eigenvalue weighted by molar-refractivity contribution is -0.139. The monoisotopic (exact) mass is 328 g/mol. The zero-order chi connectivity index (χ0) is 16.8. The number of aliphatic carboxylic acids is 1. The minimum absolute atomic E-state index is 0.0390. The van der Waals surface area contributed by atoms with E-state index in [4.69, 9.17) is 10.2 Å². The third-order valence-corrected chi connectivity index (χ3v) is 3.41. The van der Waals surface area contributed by atoms with Crippen LogP contribution in [0.3, 0.4) is 0 Å². The molecule has 124 valence electrons. The van der Waals surface area contributed by atoms with Gasteiger partial charge in [0.15, 0.2) is 0 Å².